The molecule has 0 aliphatic carbocycles. The Hall–Kier alpha value is -7.16. The number of hydrogen-bond acceptors (Lipinski definition) is 2. The third kappa shape index (κ3) is 5.71. The molecule has 1 aromatic heterocycles. The minimum absolute atomic E-state index is 0.906. The molecule has 2 nitrogen and oxygen atoms in total. The number of hydrogen-bond donors (Lipinski definition) is 0. The third-order valence-corrected chi connectivity index (χ3v) is 10.5. The van der Waals surface area contributed by atoms with Gasteiger partial charge in [-0.2, -0.15) is 0 Å². The molecule has 0 atom stereocenters. The summed E-state index contributed by atoms with van der Waals surface area (Å²) < 4.78 is 6.44. The highest BCUT2D eigenvalue weighted by atomic mass is 16.3. The first-order chi connectivity index (χ1) is 26.8. The highest BCUT2D eigenvalue weighted by Gasteiger charge is 2.17. The van der Waals surface area contributed by atoms with Gasteiger partial charge >= 0.3 is 0 Å². The molecule has 0 saturated carbocycles. The largest absolute Gasteiger partial charge is 0.456 e. The van der Waals surface area contributed by atoms with Gasteiger partial charge in [0.15, 0.2) is 0 Å². The third-order valence-electron chi connectivity index (χ3n) is 10.5. The lowest BCUT2D eigenvalue weighted by atomic mass is 9.92. The first-order valence-corrected chi connectivity index (χ1v) is 18.4. The Morgan fingerprint density at radius 1 is 0.278 bits per heavy atom. The average molecular weight is 690 g/mol. The van der Waals surface area contributed by atoms with Crippen LogP contribution in [-0.2, 0) is 0 Å². The molecule has 10 rings (SSSR count). The summed E-state index contributed by atoms with van der Waals surface area (Å²) in [7, 11) is 0. The molecule has 9 aromatic carbocycles. The van der Waals surface area contributed by atoms with Crippen LogP contribution in [0, 0.1) is 0 Å². The lowest BCUT2D eigenvalue weighted by Crippen LogP contribution is -2.09. The topological polar surface area (TPSA) is 16.4 Å². The van der Waals surface area contributed by atoms with Gasteiger partial charge in [-0.05, 0) is 110 Å². The summed E-state index contributed by atoms with van der Waals surface area (Å²) in [5, 5.41) is 4.70. The summed E-state index contributed by atoms with van der Waals surface area (Å²) in [5.74, 6) is 0. The molecule has 0 aliphatic heterocycles. The maximum absolute atomic E-state index is 6.44. The fourth-order valence-corrected chi connectivity index (χ4v) is 7.79. The van der Waals surface area contributed by atoms with Crippen LogP contribution in [0.15, 0.2) is 217 Å². The minimum Gasteiger partial charge on any atom is -0.456 e. The number of para-hydroxylation sites is 2. The molecule has 0 radical (unpaired) electrons. The zero-order valence-corrected chi connectivity index (χ0v) is 29.6. The molecule has 0 spiro atoms. The van der Waals surface area contributed by atoms with Gasteiger partial charge in [-0.1, -0.05) is 158 Å². The van der Waals surface area contributed by atoms with Crippen LogP contribution in [0.5, 0.6) is 0 Å². The molecule has 10 aromatic rings. The second kappa shape index (κ2) is 13.4. The summed E-state index contributed by atoms with van der Waals surface area (Å²) in [6.07, 6.45) is 0. The van der Waals surface area contributed by atoms with Gasteiger partial charge in [0.05, 0.1) is 0 Å². The Morgan fingerprint density at radius 2 is 0.722 bits per heavy atom. The van der Waals surface area contributed by atoms with Crippen LogP contribution in [0.2, 0.25) is 0 Å². The molecule has 1 heterocycles. The number of anilines is 3. The van der Waals surface area contributed by atoms with Gasteiger partial charge in [0.1, 0.15) is 11.2 Å². The lowest BCUT2D eigenvalue weighted by molar-refractivity contribution is 0.669. The molecule has 0 N–H and O–H groups in total. The van der Waals surface area contributed by atoms with Crippen molar-refractivity contribution in [1.82, 2.24) is 0 Å². The van der Waals surface area contributed by atoms with Crippen LogP contribution in [-0.4, -0.2) is 0 Å². The van der Waals surface area contributed by atoms with Crippen molar-refractivity contribution in [2.75, 3.05) is 4.90 Å². The molecule has 0 amide bonds. The van der Waals surface area contributed by atoms with Gasteiger partial charge in [0, 0.05) is 27.8 Å². The van der Waals surface area contributed by atoms with E-state index >= 15 is 0 Å². The fraction of sp³-hybridized carbons (Fsp3) is 0. The van der Waals surface area contributed by atoms with E-state index in [0.717, 1.165) is 44.6 Å². The predicted octanol–water partition coefficient (Wildman–Crippen LogP) is 14.9. The smallest absolute Gasteiger partial charge is 0.136 e. The van der Waals surface area contributed by atoms with Crippen LogP contribution in [0.1, 0.15) is 0 Å². The van der Waals surface area contributed by atoms with E-state index in [1.807, 2.05) is 6.07 Å². The number of benzene rings is 9. The highest BCUT2D eigenvalue weighted by molar-refractivity contribution is 6.22. The van der Waals surface area contributed by atoms with Gasteiger partial charge in [-0.25, -0.2) is 0 Å². The predicted molar refractivity (Wildman–Crippen MR) is 228 cm³/mol. The fourth-order valence-electron chi connectivity index (χ4n) is 7.79. The van der Waals surface area contributed by atoms with Crippen LogP contribution in [0.25, 0.3) is 77.2 Å². The second-order valence-corrected chi connectivity index (χ2v) is 13.7. The SMILES string of the molecule is c1ccc(-c2ccc(-c3ccc(N(c4ccccc4)c4ccc(-c5ccc6c(-c7ccccc7)cc7oc8ccccc8c7c6c5)cc4)cc3)cc2)cc1. The van der Waals surface area contributed by atoms with Crippen molar-refractivity contribution in [2.24, 2.45) is 0 Å². The quantitative estimate of drug-likeness (QED) is 0.166. The van der Waals surface area contributed by atoms with Crippen LogP contribution in [0.3, 0.4) is 0 Å². The van der Waals surface area contributed by atoms with E-state index in [-0.39, 0.29) is 0 Å². The van der Waals surface area contributed by atoms with Crippen LogP contribution >= 0.6 is 0 Å². The Labute approximate surface area is 314 Å². The standard InChI is InChI=1S/C52H35NO/c1-4-12-36(13-5-1)37-20-22-38(23-21-37)39-24-29-44(30-25-39)53(43-16-8-3-9-17-43)45-31-26-40(27-32-45)42-28-33-46-48(41-14-6-2-7-15-41)35-51-52(49(46)34-42)47-18-10-11-19-50(47)54-51/h1-35H. The highest BCUT2D eigenvalue weighted by Crippen LogP contribution is 2.42. The first-order valence-electron chi connectivity index (χ1n) is 18.4. The van der Waals surface area contributed by atoms with Crippen molar-refractivity contribution in [3.8, 4) is 44.5 Å². The second-order valence-electron chi connectivity index (χ2n) is 13.7. The van der Waals surface area contributed by atoms with E-state index < -0.39 is 0 Å². The summed E-state index contributed by atoms with van der Waals surface area (Å²) in [6.45, 7) is 0. The van der Waals surface area contributed by atoms with Crippen molar-refractivity contribution in [2.45, 2.75) is 0 Å². The minimum atomic E-state index is 0.906. The van der Waals surface area contributed by atoms with Gasteiger partial charge in [-0.15, -0.1) is 0 Å². The first kappa shape index (κ1) is 31.6. The summed E-state index contributed by atoms with van der Waals surface area (Å²) >= 11 is 0. The maximum Gasteiger partial charge on any atom is 0.136 e. The molecular formula is C52H35NO. The van der Waals surface area contributed by atoms with Crippen LogP contribution < -0.4 is 4.90 Å². The van der Waals surface area contributed by atoms with Crippen molar-refractivity contribution < 1.29 is 4.42 Å². The Bertz CT molecular complexity index is 2880. The lowest BCUT2D eigenvalue weighted by Gasteiger charge is -2.26. The van der Waals surface area contributed by atoms with Gasteiger partial charge in [0.2, 0.25) is 0 Å². The zero-order valence-electron chi connectivity index (χ0n) is 29.6. The summed E-state index contributed by atoms with van der Waals surface area (Å²) in [5.41, 5.74) is 14.6. The Morgan fingerprint density at radius 3 is 1.33 bits per heavy atom. The molecule has 2 heteroatoms. The van der Waals surface area contributed by atoms with E-state index in [4.69, 9.17) is 4.42 Å². The van der Waals surface area contributed by atoms with E-state index in [0.29, 0.717) is 0 Å². The van der Waals surface area contributed by atoms with Crippen molar-refractivity contribution in [3.63, 3.8) is 0 Å². The molecule has 254 valence electrons. The van der Waals surface area contributed by atoms with Crippen molar-refractivity contribution in [1.29, 1.82) is 0 Å². The van der Waals surface area contributed by atoms with Gasteiger partial charge in [0.25, 0.3) is 0 Å². The Kier molecular flexibility index (Phi) is 7.85. The average Bonchev–Trinajstić information content (AvgIpc) is 3.64. The van der Waals surface area contributed by atoms with Gasteiger partial charge < -0.3 is 9.32 Å². The molecule has 0 saturated heterocycles. The summed E-state index contributed by atoms with van der Waals surface area (Å²) in [4.78, 5) is 2.32. The van der Waals surface area contributed by atoms with E-state index in [9.17, 15) is 0 Å². The monoisotopic (exact) mass is 689 g/mol. The summed E-state index contributed by atoms with van der Waals surface area (Å²) in [6, 6.07) is 75.7. The van der Waals surface area contributed by atoms with Crippen LogP contribution in [0.4, 0.5) is 17.1 Å². The molecule has 0 aliphatic rings. The Balaban J connectivity index is 1.01. The maximum atomic E-state index is 6.44. The van der Waals surface area contributed by atoms with E-state index in [1.165, 1.54) is 49.7 Å². The molecule has 54 heavy (non-hydrogen) atoms. The molecular weight excluding hydrogens is 655 g/mol. The number of fused-ring (bicyclic) bond motifs is 5. The number of furan rings is 1. The zero-order chi connectivity index (χ0) is 35.8. The number of nitrogens with zero attached hydrogens (tertiary/aromatic N) is 1. The molecule has 0 bridgehead atoms. The normalized spacial score (nSPS) is 11.3. The van der Waals surface area contributed by atoms with Gasteiger partial charge in [-0.3, -0.25) is 0 Å². The van der Waals surface area contributed by atoms with Crippen molar-refractivity contribution >= 4 is 49.8 Å². The van der Waals surface area contributed by atoms with Crippen molar-refractivity contribution in [3.05, 3.63) is 212 Å². The number of rotatable bonds is 7. The van der Waals surface area contributed by atoms with E-state index in [2.05, 4.69) is 211 Å². The molecule has 0 unspecified atom stereocenters. The van der Waals surface area contributed by atoms with E-state index in [1.54, 1.807) is 0 Å². The molecule has 0 fully saturated rings.